The Bertz CT molecular complexity index is 1220. The van der Waals surface area contributed by atoms with Crippen molar-refractivity contribution in [2.24, 2.45) is 0 Å². The van der Waals surface area contributed by atoms with E-state index in [-0.39, 0.29) is 18.4 Å². The molecule has 1 aromatic heterocycles. The maximum absolute atomic E-state index is 12.4. The molecule has 0 saturated carbocycles. The lowest BCUT2D eigenvalue weighted by atomic mass is 10.1. The van der Waals surface area contributed by atoms with Crippen LogP contribution < -0.4 is 0 Å². The smallest absolute Gasteiger partial charge is 0.276 e. The number of hydrogen-bond acceptors (Lipinski definition) is 6. The highest BCUT2D eigenvalue weighted by atomic mass is 32.2. The number of rotatable bonds is 5. The number of amides is 2. The molecule has 0 atom stereocenters. The van der Waals surface area contributed by atoms with E-state index in [4.69, 9.17) is 4.42 Å². The van der Waals surface area contributed by atoms with Crippen LogP contribution in [0.3, 0.4) is 0 Å². The zero-order chi connectivity index (χ0) is 19.8. The molecule has 7 heteroatoms. The molecule has 0 bridgehead atoms. The van der Waals surface area contributed by atoms with Crippen molar-refractivity contribution < 1.29 is 14.0 Å². The van der Waals surface area contributed by atoms with Crippen LogP contribution >= 0.6 is 11.8 Å². The van der Waals surface area contributed by atoms with Crippen molar-refractivity contribution in [2.75, 3.05) is 12.3 Å². The Morgan fingerprint density at radius 2 is 1.52 bits per heavy atom. The molecule has 4 aromatic rings. The highest BCUT2D eigenvalue weighted by Gasteiger charge is 2.34. The highest BCUT2D eigenvalue weighted by Crippen LogP contribution is 2.27. The second-order valence-electron chi connectivity index (χ2n) is 6.59. The van der Waals surface area contributed by atoms with Gasteiger partial charge in [-0.25, -0.2) is 0 Å². The summed E-state index contributed by atoms with van der Waals surface area (Å²) >= 11 is 1.32. The number of carbonyl (C=O) groups is 2. The third kappa shape index (κ3) is 3.19. The lowest BCUT2D eigenvalue weighted by Crippen LogP contribution is -2.31. The molecule has 0 spiro atoms. The van der Waals surface area contributed by atoms with E-state index < -0.39 is 0 Å². The average molecular weight is 401 g/mol. The summed E-state index contributed by atoms with van der Waals surface area (Å²) in [5, 5.41) is 10.8. The van der Waals surface area contributed by atoms with Crippen LogP contribution in [0.2, 0.25) is 0 Å². The second kappa shape index (κ2) is 7.18. The summed E-state index contributed by atoms with van der Waals surface area (Å²) in [5.41, 5.74) is 1.76. The van der Waals surface area contributed by atoms with Crippen LogP contribution in [-0.2, 0) is 0 Å². The number of thioether (sulfide) groups is 1. The lowest BCUT2D eigenvalue weighted by molar-refractivity contribution is 0.0664. The van der Waals surface area contributed by atoms with E-state index in [2.05, 4.69) is 10.2 Å². The third-order valence-electron chi connectivity index (χ3n) is 4.82. The molecule has 0 N–H and O–H groups in total. The van der Waals surface area contributed by atoms with Gasteiger partial charge in [0, 0.05) is 17.9 Å². The Morgan fingerprint density at radius 3 is 2.28 bits per heavy atom. The summed E-state index contributed by atoms with van der Waals surface area (Å²) in [6.07, 6.45) is 0. The van der Waals surface area contributed by atoms with Gasteiger partial charge in [-0.3, -0.25) is 14.5 Å². The number of aromatic nitrogens is 2. The van der Waals surface area contributed by atoms with E-state index in [0.717, 1.165) is 16.3 Å². The van der Waals surface area contributed by atoms with E-state index in [9.17, 15) is 9.59 Å². The van der Waals surface area contributed by atoms with Gasteiger partial charge in [0.15, 0.2) is 0 Å². The molecule has 0 saturated heterocycles. The number of imide groups is 1. The van der Waals surface area contributed by atoms with Gasteiger partial charge in [-0.1, -0.05) is 54.2 Å². The zero-order valence-corrected chi connectivity index (χ0v) is 16.1. The third-order valence-corrected chi connectivity index (χ3v) is 5.62. The Hall–Kier alpha value is -3.45. The average Bonchev–Trinajstić information content (AvgIpc) is 3.33. The van der Waals surface area contributed by atoms with Crippen molar-refractivity contribution >= 4 is 34.3 Å². The first-order valence-electron chi connectivity index (χ1n) is 9.11. The minimum atomic E-state index is -0.256. The number of fused-ring (bicyclic) bond motifs is 2. The van der Waals surface area contributed by atoms with Crippen LogP contribution in [0.25, 0.3) is 22.2 Å². The summed E-state index contributed by atoms with van der Waals surface area (Å²) in [7, 11) is 0. The van der Waals surface area contributed by atoms with Crippen LogP contribution in [0.5, 0.6) is 0 Å². The van der Waals surface area contributed by atoms with Gasteiger partial charge >= 0.3 is 0 Å². The van der Waals surface area contributed by atoms with Crippen LogP contribution in [0.15, 0.2) is 76.4 Å². The van der Waals surface area contributed by atoms with Crippen molar-refractivity contribution in [1.82, 2.24) is 15.1 Å². The minimum Gasteiger partial charge on any atom is -0.411 e. The van der Waals surface area contributed by atoms with E-state index in [1.807, 2.05) is 42.5 Å². The van der Waals surface area contributed by atoms with E-state index in [1.54, 1.807) is 24.3 Å². The van der Waals surface area contributed by atoms with Crippen LogP contribution in [-0.4, -0.2) is 39.2 Å². The van der Waals surface area contributed by atoms with Gasteiger partial charge < -0.3 is 4.42 Å². The standard InChI is InChI=1S/C22H15N3O3S/c26-20-17-7-3-4-8-18(17)21(27)25(20)11-12-29-22-24-23-19(28-22)16-10-9-14-5-1-2-6-15(14)13-16/h1-10,13H,11-12H2. The maximum atomic E-state index is 12.4. The molecule has 0 fully saturated rings. The molecular weight excluding hydrogens is 386 g/mol. The lowest BCUT2D eigenvalue weighted by Gasteiger charge is -2.12. The van der Waals surface area contributed by atoms with Crippen molar-refractivity contribution in [3.05, 3.63) is 77.9 Å². The highest BCUT2D eigenvalue weighted by molar-refractivity contribution is 7.99. The molecule has 142 valence electrons. The van der Waals surface area contributed by atoms with E-state index in [1.165, 1.54) is 16.7 Å². The number of hydrogen-bond donors (Lipinski definition) is 0. The zero-order valence-electron chi connectivity index (χ0n) is 15.2. The number of carbonyl (C=O) groups excluding carboxylic acids is 2. The van der Waals surface area contributed by atoms with E-state index in [0.29, 0.717) is 28.0 Å². The minimum absolute atomic E-state index is 0.256. The summed E-state index contributed by atoms with van der Waals surface area (Å²) in [4.78, 5) is 26.0. The van der Waals surface area contributed by atoms with Crippen molar-refractivity contribution in [1.29, 1.82) is 0 Å². The molecule has 0 radical (unpaired) electrons. The Balaban J connectivity index is 1.25. The monoisotopic (exact) mass is 401 g/mol. The van der Waals surface area contributed by atoms with Gasteiger partial charge in [-0.05, 0) is 35.0 Å². The van der Waals surface area contributed by atoms with E-state index >= 15 is 0 Å². The molecule has 6 nitrogen and oxygen atoms in total. The molecule has 2 heterocycles. The van der Waals surface area contributed by atoms with Crippen molar-refractivity contribution in [3.8, 4) is 11.5 Å². The predicted molar refractivity (Wildman–Crippen MR) is 110 cm³/mol. The van der Waals surface area contributed by atoms with Gasteiger partial charge in [0.05, 0.1) is 11.1 Å². The topological polar surface area (TPSA) is 76.3 Å². The fourth-order valence-electron chi connectivity index (χ4n) is 3.37. The Labute approximate surface area is 170 Å². The second-order valence-corrected chi connectivity index (χ2v) is 7.64. The van der Waals surface area contributed by atoms with Gasteiger partial charge in [-0.15, -0.1) is 10.2 Å². The fraction of sp³-hybridized carbons (Fsp3) is 0.0909. The molecule has 29 heavy (non-hydrogen) atoms. The van der Waals surface area contributed by atoms with Crippen LogP contribution in [0, 0.1) is 0 Å². The van der Waals surface area contributed by atoms with Gasteiger partial charge in [0.2, 0.25) is 5.89 Å². The fourth-order valence-corrected chi connectivity index (χ4v) is 4.06. The quantitative estimate of drug-likeness (QED) is 0.367. The van der Waals surface area contributed by atoms with Gasteiger partial charge in [0.25, 0.3) is 17.0 Å². The summed E-state index contributed by atoms with van der Waals surface area (Å²) in [6, 6.07) is 20.9. The molecule has 3 aromatic carbocycles. The number of nitrogens with zero attached hydrogens (tertiary/aromatic N) is 3. The van der Waals surface area contributed by atoms with Crippen molar-refractivity contribution in [3.63, 3.8) is 0 Å². The predicted octanol–water partition coefficient (Wildman–Crippen LogP) is 4.28. The molecule has 0 unspecified atom stereocenters. The summed E-state index contributed by atoms with van der Waals surface area (Å²) in [5.74, 6) is 0.409. The first kappa shape index (κ1) is 17.6. The SMILES string of the molecule is O=C1c2ccccc2C(=O)N1CCSc1nnc(-c2ccc3ccccc3c2)o1. The normalized spacial score (nSPS) is 13.3. The largest absolute Gasteiger partial charge is 0.411 e. The summed E-state index contributed by atoms with van der Waals surface area (Å²) < 4.78 is 5.75. The maximum Gasteiger partial charge on any atom is 0.276 e. The van der Waals surface area contributed by atoms with Gasteiger partial charge in [0.1, 0.15) is 0 Å². The first-order chi connectivity index (χ1) is 14.2. The molecule has 2 amide bonds. The van der Waals surface area contributed by atoms with Crippen LogP contribution in [0.1, 0.15) is 20.7 Å². The molecule has 1 aliphatic heterocycles. The van der Waals surface area contributed by atoms with Gasteiger partial charge in [-0.2, -0.15) is 0 Å². The Kier molecular flexibility index (Phi) is 4.37. The molecule has 5 rings (SSSR count). The van der Waals surface area contributed by atoms with Crippen molar-refractivity contribution in [2.45, 2.75) is 5.22 Å². The van der Waals surface area contributed by atoms with Crippen LogP contribution in [0.4, 0.5) is 0 Å². The summed E-state index contributed by atoms with van der Waals surface area (Å²) in [6.45, 7) is 0.282. The molecule has 1 aliphatic rings. The molecular formula is C22H15N3O3S. The number of benzene rings is 3. The first-order valence-corrected chi connectivity index (χ1v) is 10.1. The Morgan fingerprint density at radius 1 is 0.828 bits per heavy atom. The molecule has 0 aliphatic carbocycles.